The molecule has 17 nitrogen and oxygen atoms in total. The van der Waals surface area contributed by atoms with Crippen LogP contribution < -0.4 is 20.9 Å². The summed E-state index contributed by atoms with van der Waals surface area (Å²) in [4.78, 5) is 47.2. The molecule has 2 bridgehead atoms. The number of piperidine rings is 3. The number of amides is 2. The quantitative estimate of drug-likeness (QED) is 0.0782. The summed E-state index contributed by atoms with van der Waals surface area (Å²) in [6.45, 7) is 15.6. The highest BCUT2D eigenvalue weighted by atomic mass is 32.1. The monoisotopic (exact) mass is 1130 g/mol. The number of thiazole rings is 1. The molecule has 5 aromatic rings. The highest BCUT2D eigenvalue weighted by Crippen LogP contribution is 2.53. The number of aromatic nitrogens is 4. The molecule has 2 amide bonds. The Morgan fingerprint density at radius 2 is 1.59 bits per heavy atom. The van der Waals surface area contributed by atoms with E-state index >= 15 is 8.78 Å². The fourth-order valence-electron chi connectivity index (χ4n) is 14.9. The summed E-state index contributed by atoms with van der Waals surface area (Å²) < 4.78 is 37.7. The number of hydrogen-bond donors (Lipinski definition) is 4. The number of phenols is 1. The first-order chi connectivity index (χ1) is 39.0. The number of aromatic hydroxyl groups is 1. The van der Waals surface area contributed by atoms with E-state index in [4.69, 9.17) is 10.3 Å². The summed E-state index contributed by atoms with van der Waals surface area (Å²) in [6.07, 6.45) is 7.81. The number of anilines is 3. The van der Waals surface area contributed by atoms with Gasteiger partial charge in [0.1, 0.15) is 17.7 Å². The van der Waals surface area contributed by atoms with Gasteiger partial charge in [0.25, 0.3) is 5.92 Å². The van der Waals surface area contributed by atoms with Crippen LogP contribution in [0.2, 0.25) is 0 Å². The van der Waals surface area contributed by atoms with E-state index in [0.717, 1.165) is 117 Å². The minimum absolute atomic E-state index is 0.0749. The van der Waals surface area contributed by atoms with Crippen molar-refractivity contribution in [1.82, 2.24) is 45.3 Å². The molecule has 5 N–H and O–H groups in total. The number of nitrogens with zero attached hydrogens (tertiary/aromatic N) is 10. The number of halogens is 2. The summed E-state index contributed by atoms with van der Waals surface area (Å²) in [6, 6.07) is 18.5. The molecular formula is C61H80F2N12O5S. The molecular weight excluding hydrogens is 1050 g/mol. The minimum atomic E-state index is -2.69. The van der Waals surface area contributed by atoms with Crippen molar-refractivity contribution in [3.63, 3.8) is 0 Å². The molecule has 7 fully saturated rings. The Kier molecular flexibility index (Phi) is 15.6. The van der Waals surface area contributed by atoms with E-state index in [0.29, 0.717) is 72.9 Å². The fourth-order valence-corrected chi connectivity index (χ4v) is 15.8. The van der Waals surface area contributed by atoms with Gasteiger partial charge >= 0.3 is 0 Å². The van der Waals surface area contributed by atoms with Crippen molar-refractivity contribution >= 4 is 40.5 Å². The van der Waals surface area contributed by atoms with Gasteiger partial charge in [0.15, 0.2) is 17.4 Å². The minimum Gasteiger partial charge on any atom is -0.507 e. The molecule has 6 saturated heterocycles. The number of aliphatic hydroxyl groups excluding tert-OH is 1. The average molecular weight is 1130 g/mol. The Bertz CT molecular complexity index is 3010. The van der Waals surface area contributed by atoms with Crippen LogP contribution in [-0.4, -0.2) is 170 Å². The number of aryl methyl sites for hydroxylation is 1. The lowest BCUT2D eigenvalue weighted by Crippen LogP contribution is -2.62. The molecule has 81 heavy (non-hydrogen) atoms. The average Bonchev–Trinajstić information content (AvgIpc) is 4.32. The lowest BCUT2D eigenvalue weighted by Gasteiger charge is -2.57. The van der Waals surface area contributed by atoms with Crippen molar-refractivity contribution in [1.29, 1.82) is 0 Å². The molecule has 3 unspecified atom stereocenters. The molecule has 3 aromatic heterocycles. The third-order valence-electron chi connectivity index (χ3n) is 19.8. The zero-order chi connectivity index (χ0) is 56.3. The molecule has 7 aliphatic rings. The van der Waals surface area contributed by atoms with Crippen molar-refractivity contribution in [2.24, 2.45) is 23.2 Å². The van der Waals surface area contributed by atoms with Crippen LogP contribution in [0.1, 0.15) is 114 Å². The maximum atomic E-state index is 15.9. The second kappa shape index (κ2) is 22.7. The number of benzene rings is 2. The van der Waals surface area contributed by atoms with Crippen LogP contribution in [0, 0.1) is 30.1 Å². The van der Waals surface area contributed by atoms with Gasteiger partial charge in [-0.25, -0.2) is 13.8 Å². The second-order valence-corrected chi connectivity index (χ2v) is 26.2. The first-order valence-corrected chi connectivity index (χ1v) is 30.6. The van der Waals surface area contributed by atoms with Crippen molar-refractivity contribution in [2.75, 3.05) is 87.5 Å². The zero-order valence-electron chi connectivity index (χ0n) is 47.3. The van der Waals surface area contributed by atoms with Crippen molar-refractivity contribution < 1.29 is 33.1 Å². The van der Waals surface area contributed by atoms with Crippen LogP contribution in [0.4, 0.5) is 26.1 Å². The maximum absolute atomic E-state index is 15.9. The molecule has 12 rings (SSSR count). The summed E-state index contributed by atoms with van der Waals surface area (Å²) in [7, 11) is 0. The van der Waals surface area contributed by atoms with Crippen molar-refractivity contribution in [3.05, 3.63) is 83.2 Å². The smallest absolute Gasteiger partial charge is 0.254 e. The zero-order valence-corrected chi connectivity index (χ0v) is 48.1. The van der Waals surface area contributed by atoms with Crippen LogP contribution in [0.25, 0.3) is 21.7 Å². The number of para-hydroxylation sites is 1. The molecule has 20 heteroatoms. The Morgan fingerprint density at radius 3 is 2.28 bits per heavy atom. The third-order valence-corrected chi connectivity index (χ3v) is 20.8. The fraction of sp³-hybridized carbons (Fsp3) is 0.607. The number of phenolic OH excluding ortho intramolecular Hbond substituents is 1. The first kappa shape index (κ1) is 55.7. The Morgan fingerprint density at radius 1 is 0.864 bits per heavy atom. The van der Waals surface area contributed by atoms with E-state index in [-0.39, 0.29) is 61.0 Å². The number of nitrogen functional groups attached to an aromatic ring is 1. The van der Waals surface area contributed by atoms with Crippen LogP contribution in [0.5, 0.6) is 5.75 Å². The Labute approximate surface area is 478 Å². The van der Waals surface area contributed by atoms with E-state index in [1.807, 2.05) is 75.7 Å². The number of carbonyl (C=O) groups is 2. The van der Waals surface area contributed by atoms with Crippen LogP contribution in [0.15, 0.2) is 70.7 Å². The summed E-state index contributed by atoms with van der Waals surface area (Å²) >= 11 is 1.60. The number of hydrogen-bond acceptors (Lipinski definition) is 16. The van der Waals surface area contributed by atoms with Crippen LogP contribution in [-0.2, 0) is 9.59 Å². The predicted octanol–water partition coefficient (Wildman–Crippen LogP) is 8.20. The molecule has 1 spiro atoms. The van der Waals surface area contributed by atoms with Gasteiger partial charge in [-0.1, -0.05) is 55.4 Å². The van der Waals surface area contributed by atoms with Gasteiger partial charge in [-0.2, -0.15) is 0 Å². The number of likely N-dealkylation sites (tertiary alicyclic amines) is 3. The van der Waals surface area contributed by atoms with Gasteiger partial charge < -0.3 is 45.4 Å². The number of rotatable bonds is 15. The van der Waals surface area contributed by atoms with Crippen molar-refractivity contribution in [2.45, 2.75) is 140 Å². The van der Waals surface area contributed by atoms with Crippen molar-refractivity contribution in [3.8, 4) is 27.4 Å². The number of nitrogens with one attached hydrogen (secondary N) is 1. The van der Waals surface area contributed by atoms with Crippen LogP contribution >= 0.6 is 11.3 Å². The number of fused-ring (bicyclic) bond motifs is 2. The Hall–Kier alpha value is -5.80. The number of β-amino-alcohol motifs (C(OH)–C–C–N with tert-alkyl or cyclic N) is 1. The van der Waals surface area contributed by atoms with E-state index in [1.165, 1.54) is 4.90 Å². The van der Waals surface area contributed by atoms with E-state index in [2.05, 4.69) is 50.2 Å². The lowest BCUT2D eigenvalue weighted by atomic mass is 9.59. The SMILES string of the molecule is Cc1ncsc1-c1ccc([C@H](C)NC(=O)[C@@H]2C[C@@H](O)CN2C(=O)[C@@H](c2cc(N3CCC(CN4CCC5(CC4)CC(N4CCC(F)(F)C(CN6C7CCC6CN(c6cc(-c8ccccc8O)nnc6N)C7)C4)C5)CC3)no2)C(C)C)cc1. The topological polar surface area (TPSA) is 197 Å². The molecule has 9 heterocycles. The highest BCUT2D eigenvalue weighted by molar-refractivity contribution is 7.13. The highest BCUT2D eigenvalue weighted by Gasteiger charge is 2.54. The number of carbonyl (C=O) groups excluding carboxylic acids is 2. The Balaban J connectivity index is 0.587. The lowest BCUT2D eigenvalue weighted by molar-refractivity contribution is -0.142. The van der Waals surface area contributed by atoms with Gasteiger partial charge in [-0.15, -0.1) is 21.5 Å². The molecule has 0 radical (unpaired) electrons. The van der Waals surface area contributed by atoms with Gasteiger partial charge in [0.2, 0.25) is 11.8 Å². The van der Waals surface area contributed by atoms with E-state index < -0.39 is 29.9 Å². The molecule has 434 valence electrons. The van der Waals surface area contributed by atoms with E-state index in [9.17, 15) is 19.8 Å². The maximum Gasteiger partial charge on any atom is 0.254 e. The summed E-state index contributed by atoms with van der Waals surface area (Å²) in [5.74, 6) is -2.51. The summed E-state index contributed by atoms with van der Waals surface area (Å²) in [5, 5.41) is 37.4. The van der Waals surface area contributed by atoms with Gasteiger partial charge in [0, 0.05) is 107 Å². The summed E-state index contributed by atoms with van der Waals surface area (Å²) in [5.41, 5.74) is 13.5. The van der Waals surface area contributed by atoms with Gasteiger partial charge in [-0.3, -0.25) is 19.4 Å². The predicted molar refractivity (Wildman–Crippen MR) is 309 cm³/mol. The molecule has 7 atom stereocenters. The molecule has 1 saturated carbocycles. The van der Waals surface area contributed by atoms with Gasteiger partial charge in [-0.05, 0) is 125 Å². The normalized spacial score (nSPS) is 26.3. The number of alkyl halides is 2. The number of nitrogens with two attached hydrogens (primary N) is 1. The molecule has 2 aromatic carbocycles. The van der Waals surface area contributed by atoms with E-state index in [1.54, 1.807) is 29.5 Å². The second-order valence-electron chi connectivity index (χ2n) is 25.3. The largest absolute Gasteiger partial charge is 0.507 e. The molecule has 1 aliphatic carbocycles. The first-order valence-electron chi connectivity index (χ1n) is 29.8. The van der Waals surface area contributed by atoms with Crippen LogP contribution in [0.3, 0.4) is 0 Å². The standard InChI is InChI=1S/C61H80F2N12O5S/c1-37(2)55(59(79)75-35-47(76)25-51(75)58(78)66-38(3)41-9-11-42(12-10-41)56-39(4)65-36-81-56)53-27-54(69-80-53)71-20-15-40(16-21-71)30-70-22-17-60(18-23-70)28-46(29-60)72-24-19-61(62,63)43(31-72)32-74-44-13-14-45(74)34-73(33-44)50-26-49(67-68-57(50)64)48-7-5-6-8-52(48)77/h5-12,26-27,36-38,40,43-47,51,55,76-77H,13-25,28-35H2,1-4H3,(H2,64,68)(H,66,78)/t38-,43?,44?,45?,47+,51-,55+/m0/s1. The molecule has 6 aliphatic heterocycles. The van der Waals surface area contributed by atoms with Gasteiger partial charge in [0.05, 0.1) is 39.6 Å². The third kappa shape index (κ3) is 11.4. The number of aliphatic hydroxyl groups is 1. The number of piperazine rings is 1.